The molecule has 0 bridgehead atoms. The predicted octanol–water partition coefficient (Wildman–Crippen LogP) is 6.64. The van der Waals surface area contributed by atoms with Crippen molar-refractivity contribution in [3.05, 3.63) is 82.7 Å². The summed E-state index contributed by atoms with van der Waals surface area (Å²) < 4.78 is 19.3. The summed E-state index contributed by atoms with van der Waals surface area (Å²) in [6.07, 6.45) is -0.612. The Hall–Kier alpha value is -3.71. The van der Waals surface area contributed by atoms with Crippen molar-refractivity contribution in [2.24, 2.45) is 0 Å². The maximum atomic E-state index is 13.3. The maximum absolute atomic E-state index is 13.3. The summed E-state index contributed by atoms with van der Waals surface area (Å²) in [7, 11) is 0. The summed E-state index contributed by atoms with van der Waals surface area (Å²) in [5.41, 5.74) is 5.52. The molecule has 1 aliphatic heterocycles. The summed E-state index contributed by atoms with van der Waals surface area (Å²) in [5, 5.41) is 13.0. The van der Waals surface area contributed by atoms with Crippen LogP contribution in [0.25, 0.3) is 11.1 Å². The van der Waals surface area contributed by atoms with E-state index >= 15 is 0 Å². The van der Waals surface area contributed by atoms with Crippen LogP contribution in [0.2, 0.25) is 0 Å². The summed E-state index contributed by atoms with van der Waals surface area (Å²) in [6.45, 7) is 9.78. The number of carbonyl (C=O) groups is 2. The van der Waals surface area contributed by atoms with E-state index in [4.69, 9.17) is 4.74 Å². The van der Waals surface area contributed by atoms with E-state index < -0.39 is 17.7 Å². The van der Waals surface area contributed by atoms with Gasteiger partial charge in [-0.2, -0.15) is 0 Å². The number of anilines is 2. The first-order valence-corrected chi connectivity index (χ1v) is 11.9. The topological polar surface area (TPSA) is 78.9 Å². The molecule has 2 amide bonds. The van der Waals surface area contributed by atoms with E-state index in [1.807, 2.05) is 65.0 Å². The van der Waals surface area contributed by atoms with E-state index in [0.717, 1.165) is 33.5 Å². The van der Waals surface area contributed by atoms with Crippen LogP contribution >= 0.6 is 0 Å². The SMILES string of the molecule is Cc1ccc(-c2c3c(cc(C)c2C(OC(C)(C)C)C(=O)O)N(C(=O)Nc2ccc(F)cc2)CC3)cc1. The van der Waals surface area contributed by atoms with Gasteiger partial charge >= 0.3 is 12.0 Å². The molecule has 4 rings (SSSR count). The number of fused-ring (bicyclic) bond motifs is 1. The number of halogens is 1. The molecular formula is C29H31FN2O4. The van der Waals surface area contributed by atoms with E-state index in [-0.39, 0.29) is 11.8 Å². The number of ether oxygens (including phenoxy) is 1. The lowest BCUT2D eigenvalue weighted by molar-refractivity contribution is -0.160. The molecule has 3 aromatic rings. The Morgan fingerprint density at radius 2 is 1.69 bits per heavy atom. The smallest absolute Gasteiger partial charge is 0.337 e. The number of urea groups is 1. The fourth-order valence-corrected chi connectivity index (χ4v) is 4.61. The Kier molecular flexibility index (Phi) is 6.87. The molecule has 0 saturated carbocycles. The first-order valence-electron chi connectivity index (χ1n) is 11.9. The lowest BCUT2D eigenvalue weighted by Gasteiger charge is -2.29. The lowest BCUT2D eigenvalue weighted by atomic mass is 9.86. The van der Waals surface area contributed by atoms with Gasteiger partial charge in [0, 0.05) is 23.5 Å². The summed E-state index contributed by atoms with van der Waals surface area (Å²) in [4.78, 5) is 27.3. The van der Waals surface area contributed by atoms with Crippen LogP contribution in [0.4, 0.5) is 20.6 Å². The molecule has 2 N–H and O–H groups in total. The Morgan fingerprint density at radius 1 is 1.06 bits per heavy atom. The number of carbonyl (C=O) groups excluding carboxylic acids is 1. The number of rotatable bonds is 5. The summed E-state index contributed by atoms with van der Waals surface area (Å²) in [6, 6.07) is 15.1. The number of carboxylic acids is 1. The van der Waals surface area contributed by atoms with E-state index in [1.54, 1.807) is 4.90 Å². The molecule has 7 heteroatoms. The van der Waals surface area contributed by atoms with E-state index in [0.29, 0.717) is 24.2 Å². The molecule has 36 heavy (non-hydrogen) atoms. The minimum absolute atomic E-state index is 0.330. The number of nitrogens with zero attached hydrogens (tertiary/aromatic N) is 1. The third-order valence-electron chi connectivity index (χ3n) is 6.17. The van der Waals surface area contributed by atoms with Gasteiger partial charge in [0.05, 0.1) is 5.60 Å². The number of nitrogens with one attached hydrogen (secondary N) is 1. The molecule has 0 aliphatic carbocycles. The van der Waals surface area contributed by atoms with Gasteiger partial charge in [-0.15, -0.1) is 0 Å². The molecule has 6 nitrogen and oxygen atoms in total. The zero-order valence-electron chi connectivity index (χ0n) is 21.2. The van der Waals surface area contributed by atoms with Crippen LogP contribution < -0.4 is 10.2 Å². The van der Waals surface area contributed by atoms with Crippen molar-refractivity contribution in [1.29, 1.82) is 0 Å². The highest BCUT2D eigenvalue weighted by molar-refractivity contribution is 6.04. The van der Waals surface area contributed by atoms with Crippen LogP contribution in [0, 0.1) is 19.7 Å². The zero-order valence-corrected chi connectivity index (χ0v) is 21.2. The van der Waals surface area contributed by atoms with Crippen LogP contribution in [0.1, 0.15) is 49.1 Å². The van der Waals surface area contributed by atoms with Crippen LogP contribution in [0.15, 0.2) is 54.6 Å². The second kappa shape index (κ2) is 9.74. The number of aryl methyl sites for hydroxylation is 2. The lowest BCUT2D eigenvalue weighted by Crippen LogP contribution is -2.33. The molecule has 188 valence electrons. The van der Waals surface area contributed by atoms with Crippen molar-refractivity contribution < 1.29 is 23.8 Å². The molecular weight excluding hydrogens is 459 g/mol. The Bertz CT molecular complexity index is 1290. The van der Waals surface area contributed by atoms with Crippen molar-refractivity contribution >= 4 is 23.4 Å². The van der Waals surface area contributed by atoms with Crippen molar-refractivity contribution in [1.82, 2.24) is 0 Å². The van der Waals surface area contributed by atoms with Crippen molar-refractivity contribution in [2.45, 2.75) is 52.7 Å². The zero-order chi connectivity index (χ0) is 26.2. The second-order valence-electron chi connectivity index (χ2n) is 10.1. The van der Waals surface area contributed by atoms with Gasteiger partial charge in [0.25, 0.3) is 0 Å². The Labute approximate surface area is 210 Å². The monoisotopic (exact) mass is 490 g/mol. The third kappa shape index (κ3) is 5.26. The molecule has 0 aromatic heterocycles. The fourth-order valence-electron chi connectivity index (χ4n) is 4.61. The van der Waals surface area contributed by atoms with Gasteiger partial charge in [0.1, 0.15) is 5.82 Å². The predicted molar refractivity (Wildman–Crippen MR) is 139 cm³/mol. The number of benzene rings is 3. The highest BCUT2D eigenvalue weighted by Crippen LogP contribution is 2.44. The summed E-state index contributed by atoms with van der Waals surface area (Å²) in [5.74, 6) is -1.44. The van der Waals surface area contributed by atoms with Gasteiger partial charge in [-0.3, -0.25) is 4.90 Å². The molecule has 0 radical (unpaired) electrons. The highest BCUT2D eigenvalue weighted by Gasteiger charge is 2.35. The van der Waals surface area contributed by atoms with Gasteiger partial charge in [-0.25, -0.2) is 14.0 Å². The maximum Gasteiger partial charge on any atom is 0.337 e. The van der Waals surface area contributed by atoms with Crippen molar-refractivity contribution in [2.75, 3.05) is 16.8 Å². The van der Waals surface area contributed by atoms with Gasteiger partial charge in [0.2, 0.25) is 0 Å². The molecule has 3 aromatic carbocycles. The van der Waals surface area contributed by atoms with Crippen molar-refractivity contribution in [3.8, 4) is 11.1 Å². The largest absolute Gasteiger partial charge is 0.479 e. The number of amides is 2. The number of aliphatic carboxylic acids is 1. The standard InChI is InChI=1S/C29H31FN2O4/c1-17-6-8-19(9-7-17)25-22-14-15-32(28(35)31-21-12-10-20(30)11-13-21)23(22)16-18(2)24(25)26(27(33)34)36-29(3,4)5/h6-13,16,26H,14-15H2,1-5H3,(H,31,35)(H,33,34). The molecule has 1 atom stereocenters. The molecule has 1 aliphatic rings. The van der Waals surface area contributed by atoms with Gasteiger partial charge < -0.3 is 15.2 Å². The van der Waals surface area contributed by atoms with Crippen LogP contribution in [0.5, 0.6) is 0 Å². The van der Waals surface area contributed by atoms with E-state index in [1.165, 1.54) is 24.3 Å². The molecule has 1 heterocycles. The minimum Gasteiger partial charge on any atom is -0.479 e. The second-order valence-corrected chi connectivity index (χ2v) is 10.1. The van der Waals surface area contributed by atoms with Crippen LogP contribution in [0.3, 0.4) is 0 Å². The molecule has 0 saturated heterocycles. The fraction of sp³-hybridized carbons (Fsp3) is 0.310. The Balaban J connectivity index is 1.84. The Morgan fingerprint density at radius 3 is 2.28 bits per heavy atom. The average molecular weight is 491 g/mol. The van der Waals surface area contributed by atoms with Crippen molar-refractivity contribution in [3.63, 3.8) is 0 Å². The van der Waals surface area contributed by atoms with Crippen LogP contribution in [-0.2, 0) is 16.0 Å². The summed E-state index contributed by atoms with van der Waals surface area (Å²) >= 11 is 0. The molecule has 1 unspecified atom stereocenters. The van der Waals surface area contributed by atoms with Gasteiger partial charge in [0.15, 0.2) is 6.10 Å². The quantitative estimate of drug-likeness (QED) is 0.420. The normalized spacial score (nSPS) is 13.9. The first kappa shape index (κ1) is 25.4. The number of hydrogen-bond donors (Lipinski definition) is 2. The number of carboxylic acid groups (broad SMARTS) is 1. The molecule has 0 spiro atoms. The average Bonchev–Trinajstić information content (AvgIpc) is 3.22. The first-order chi connectivity index (χ1) is 16.9. The van der Waals surface area contributed by atoms with Gasteiger partial charge in [-0.1, -0.05) is 29.8 Å². The minimum atomic E-state index is -1.17. The third-order valence-corrected chi connectivity index (χ3v) is 6.17. The molecule has 0 fully saturated rings. The van der Waals surface area contributed by atoms with E-state index in [2.05, 4.69) is 5.32 Å². The number of hydrogen-bond acceptors (Lipinski definition) is 3. The van der Waals surface area contributed by atoms with E-state index in [9.17, 15) is 19.1 Å². The highest BCUT2D eigenvalue weighted by atomic mass is 19.1. The van der Waals surface area contributed by atoms with Crippen LogP contribution in [-0.4, -0.2) is 29.3 Å². The van der Waals surface area contributed by atoms with Gasteiger partial charge in [-0.05, 0) is 93.6 Å².